The van der Waals surface area contributed by atoms with E-state index in [0.717, 1.165) is 37.9 Å². The Morgan fingerprint density at radius 1 is 1.36 bits per heavy atom. The van der Waals surface area contributed by atoms with Gasteiger partial charge in [-0.2, -0.15) is 0 Å². The molecule has 0 radical (unpaired) electrons. The number of para-hydroxylation sites is 1. The molecule has 2 N–H and O–H groups in total. The predicted molar refractivity (Wildman–Crippen MR) is 90.2 cm³/mol. The highest BCUT2D eigenvalue weighted by Crippen LogP contribution is 2.25. The minimum absolute atomic E-state index is 0.0408. The Kier molecular flexibility index (Phi) is 5.83. The number of rotatable bonds is 4. The van der Waals surface area contributed by atoms with Crippen LogP contribution in [0.25, 0.3) is 0 Å². The first kappa shape index (κ1) is 16.8. The van der Waals surface area contributed by atoms with Gasteiger partial charge < -0.3 is 15.3 Å². The van der Waals surface area contributed by atoms with Gasteiger partial charge in [0.2, 0.25) is 0 Å². The van der Waals surface area contributed by atoms with Crippen molar-refractivity contribution in [2.45, 2.75) is 52.6 Å². The van der Waals surface area contributed by atoms with E-state index in [2.05, 4.69) is 37.4 Å². The van der Waals surface area contributed by atoms with E-state index in [1.807, 2.05) is 11.8 Å². The van der Waals surface area contributed by atoms with Gasteiger partial charge in [-0.25, -0.2) is 4.79 Å². The van der Waals surface area contributed by atoms with Crippen LogP contribution in [0.4, 0.5) is 10.5 Å². The van der Waals surface area contributed by atoms with Crippen molar-refractivity contribution in [2.24, 2.45) is 5.92 Å². The van der Waals surface area contributed by atoms with E-state index >= 15 is 0 Å². The quantitative estimate of drug-likeness (QED) is 0.895. The van der Waals surface area contributed by atoms with Crippen molar-refractivity contribution in [1.29, 1.82) is 0 Å². The third-order valence-electron chi connectivity index (χ3n) is 4.66. The van der Waals surface area contributed by atoms with Crippen molar-refractivity contribution >= 4 is 11.7 Å². The molecular weight excluding hydrogens is 276 g/mol. The van der Waals surface area contributed by atoms with E-state index in [0.29, 0.717) is 6.54 Å². The van der Waals surface area contributed by atoms with Crippen LogP contribution in [0.1, 0.15) is 44.7 Å². The normalized spacial score (nSPS) is 19.8. The smallest absolute Gasteiger partial charge is 0.321 e. The van der Waals surface area contributed by atoms with E-state index in [1.54, 1.807) is 0 Å². The maximum absolute atomic E-state index is 12.6. The summed E-state index contributed by atoms with van der Waals surface area (Å²) in [7, 11) is 0. The minimum Gasteiger partial charge on any atom is -0.393 e. The number of aliphatic hydroxyl groups excluding tert-OH is 1. The van der Waals surface area contributed by atoms with Gasteiger partial charge in [0, 0.05) is 24.7 Å². The highest BCUT2D eigenvalue weighted by Gasteiger charge is 2.27. The van der Waals surface area contributed by atoms with Crippen LogP contribution in [-0.2, 0) is 12.8 Å². The number of aryl methyl sites for hydroxylation is 2. The van der Waals surface area contributed by atoms with Crippen LogP contribution >= 0.6 is 0 Å². The summed E-state index contributed by atoms with van der Waals surface area (Å²) in [6.07, 6.45) is 3.40. The van der Waals surface area contributed by atoms with Gasteiger partial charge >= 0.3 is 6.03 Å². The van der Waals surface area contributed by atoms with Gasteiger partial charge in [-0.3, -0.25) is 0 Å². The predicted octanol–water partition coefficient (Wildman–Crippen LogP) is 3.44. The zero-order chi connectivity index (χ0) is 16.1. The molecule has 1 aliphatic heterocycles. The number of anilines is 1. The fourth-order valence-electron chi connectivity index (χ4n) is 3.18. The van der Waals surface area contributed by atoms with Crippen molar-refractivity contribution in [3.05, 3.63) is 29.3 Å². The first-order chi connectivity index (χ1) is 10.6. The summed E-state index contributed by atoms with van der Waals surface area (Å²) in [4.78, 5) is 14.4. The Labute approximate surface area is 133 Å². The molecule has 1 aromatic carbocycles. The molecule has 0 saturated carbocycles. The lowest BCUT2D eigenvalue weighted by molar-refractivity contribution is 0.0766. The van der Waals surface area contributed by atoms with Crippen molar-refractivity contribution in [2.75, 3.05) is 18.4 Å². The van der Waals surface area contributed by atoms with Crippen molar-refractivity contribution in [1.82, 2.24) is 4.90 Å². The zero-order valence-corrected chi connectivity index (χ0v) is 13.9. The summed E-state index contributed by atoms with van der Waals surface area (Å²) in [6, 6.07) is 6.16. The second-order valence-electron chi connectivity index (χ2n) is 6.18. The Morgan fingerprint density at radius 2 is 2.00 bits per heavy atom. The van der Waals surface area contributed by atoms with E-state index in [9.17, 15) is 9.90 Å². The van der Waals surface area contributed by atoms with Gasteiger partial charge in [-0.15, -0.1) is 0 Å². The van der Waals surface area contributed by atoms with E-state index in [-0.39, 0.29) is 18.1 Å². The standard InChI is InChI=1S/C18H28N2O2/c1-4-14-8-6-9-15(5-2)17(14)19-18(22)20-11-7-10-16(12-20)13(3)21/h6,8-9,13,16,21H,4-5,7,10-12H2,1-3H3,(H,19,22). The van der Waals surface area contributed by atoms with Crippen molar-refractivity contribution in [3.63, 3.8) is 0 Å². The largest absolute Gasteiger partial charge is 0.393 e. The molecule has 2 amide bonds. The molecule has 22 heavy (non-hydrogen) atoms. The van der Waals surface area contributed by atoms with Crippen LogP contribution in [0, 0.1) is 5.92 Å². The number of amides is 2. The topological polar surface area (TPSA) is 52.6 Å². The Hall–Kier alpha value is -1.55. The number of likely N-dealkylation sites (tertiary alicyclic amines) is 1. The number of piperidine rings is 1. The van der Waals surface area contributed by atoms with Crippen LogP contribution in [0.15, 0.2) is 18.2 Å². The molecule has 0 aromatic heterocycles. The monoisotopic (exact) mass is 304 g/mol. The molecule has 0 aliphatic carbocycles. The first-order valence-corrected chi connectivity index (χ1v) is 8.41. The lowest BCUT2D eigenvalue weighted by Gasteiger charge is -2.34. The molecule has 4 heteroatoms. The fraction of sp³-hybridized carbons (Fsp3) is 0.611. The second kappa shape index (κ2) is 7.63. The van der Waals surface area contributed by atoms with Crippen molar-refractivity contribution in [3.8, 4) is 0 Å². The van der Waals surface area contributed by atoms with Crippen LogP contribution in [0.5, 0.6) is 0 Å². The summed E-state index contributed by atoms with van der Waals surface area (Å²) in [6.45, 7) is 7.43. The zero-order valence-electron chi connectivity index (χ0n) is 13.9. The Morgan fingerprint density at radius 3 is 2.55 bits per heavy atom. The maximum atomic E-state index is 12.6. The van der Waals surface area contributed by atoms with Gasteiger partial charge in [0.25, 0.3) is 0 Å². The average Bonchev–Trinajstić information content (AvgIpc) is 2.55. The van der Waals surface area contributed by atoms with Gasteiger partial charge in [0.15, 0.2) is 0 Å². The summed E-state index contributed by atoms with van der Waals surface area (Å²) in [5.74, 6) is 0.187. The third-order valence-corrected chi connectivity index (χ3v) is 4.66. The summed E-state index contributed by atoms with van der Waals surface area (Å²) in [5.41, 5.74) is 3.32. The maximum Gasteiger partial charge on any atom is 0.321 e. The molecule has 1 aromatic rings. The number of benzene rings is 1. The molecule has 1 aliphatic rings. The average molecular weight is 304 g/mol. The van der Waals surface area contributed by atoms with Gasteiger partial charge in [-0.05, 0) is 43.7 Å². The SMILES string of the molecule is CCc1cccc(CC)c1NC(=O)N1CCCC(C(C)O)C1. The van der Waals surface area contributed by atoms with Crippen LogP contribution < -0.4 is 5.32 Å². The molecule has 122 valence electrons. The van der Waals surface area contributed by atoms with E-state index in [1.165, 1.54) is 11.1 Å². The lowest BCUT2D eigenvalue weighted by atomic mass is 9.93. The second-order valence-corrected chi connectivity index (χ2v) is 6.18. The summed E-state index contributed by atoms with van der Waals surface area (Å²) >= 11 is 0. The molecule has 1 fully saturated rings. The lowest BCUT2D eigenvalue weighted by Crippen LogP contribution is -2.45. The van der Waals surface area contributed by atoms with Crippen LogP contribution in [-0.4, -0.2) is 35.2 Å². The van der Waals surface area contributed by atoms with Crippen LogP contribution in [0.3, 0.4) is 0 Å². The molecule has 2 rings (SSSR count). The molecule has 0 bridgehead atoms. The molecule has 1 heterocycles. The number of carbonyl (C=O) groups excluding carboxylic acids is 1. The van der Waals surface area contributed by atoms with Crippen molar-refractivity contribution < 1.29 is 9.90 Å². The number of hydrogen-bond donors (Lipinski definition) is 2. The number of carbonyl (C=O) groups is 1. The molecule has 1 saturated heterocycles. The van der Waals surface area contributed by atoms with E-state index in [4.69, 9.17) is 0 Å². The minimum atomic E-state index is -0.357. The molecule has 2 unspecified atom stereocenters. The van der Waals surface area contributed by atoms with Gasteiger partial charge in [-0.1, -0.05) is 32.0 Å². The Bertz CT molecular complexity index is 492. The summed E-state index contributed by atoms with van der Waals surface area (Å²) < 4.78 is 0. The highest BCUT2D eigenvalue weighted by molar-refractivity contribution is 5.91. The molecule has 2 atom stereocenters. The third kappa shape index (κ3) is 3.80. The fourth-order valence-corrected chi connectivity index (χ4v) is 3.18. The van der Waals surface area contributed by atoms with Gasteiger partial charge in [0.05, 0.1) is 6.10 Å². The van der Waals surface area contributed by atoms with E-state index < -0.39 is 0 Å². The molecular formula is C18H28N2O2. The number of aliphatic hydroxyl groups is 1. The number of urea groups is 1. The molecule has 0 spiro atoms. The first-order valence-electron chi connectivity index (χ1n) is 8.41. The number of nitrogens with zero attached hydrogens (tertiary/aromatic N) is 1. The highest BCUT2D eigenvalue weighted by atomic mass is 16.3. The Balaban J connectivity index is 2.12. The van der Waals surface area contributed by atoms with Crippen LogP contribution in [0.2, 0.25) is 0 Å². The number of nitrogens with one attached hydrogen (secondary N) is 1. The number of hydrogen-bond acceptors (Lipinski definition) is 2. The summed E-state index contributed by atoms with van der Waals surface area (Å²) in [5, 5.41) is 12.9. The van der Waals surface area contributed by atoms with Gasteiger partial charge in [0.1, 0.15) is 0 Å². The molecule has 4 nitrogen and oxygen atoms in total.